The molecule has 6 heteroatoms. The van der Waals surface area contributed by atoms with E-state index in [2.05, 4.69) is 40.9 Å². The van der Waals surface area contributed by atoms with Crippen LogP contribution in [0.4, 0.5) is 5.88 Å². The van der Waals surface area contributed by atoms with Gasteiger partial charge in [-0.1, -0.05) is 79.7 Å². The number of aromatic nitrogens is 1. The molecular formula is C29H39N3O3. The summed E-state index contributed by atoms with van der Waals surface area (Å²) in [4.78, 5) is 4.65. The summed E-state index contributed by atoms with van der Waals surface area (Å²) in [6.07, 6.45) is 3.04. The maximum Gasteiger partial charge on any atom is 0.232 e. The fraction of sp³-hybridized carbons (Fsp3) is 0.483. The number of benzene rings is 2. The number of aliphatic hydroxyl groups excluding tert-OH is 1. The van der Waals surface area contributed by atoms with Crippen molar-refractivity contribution in [2.45, 2.75) is 52.4 Å². The van der Waals surface area contributed by atoms with Gasteiger partial charge in [-0.25, -0.2) is 0 Å². The molecule has 0 aliphatic carbocycles. The van der Waals surface area contributed by atoms with Gasteiger partial charge in [-0.3, -0.25) is 4.90 Å². The van der Waals surface area contributed by atoms with E-state index < -0.39 is 6.10 Å². The summed E-state index contributed by atoms with van der Waals surface area (Å²) in [5.41, 5.74) is 4.18. The average Bonchev–Trinajstić information content (AvgIpc) is 3.28. The Balaban J connectivity index is 1.49. The van der Waals surface area contributed by atoms with Gasteiger partial charge < -0.3 is 19.3 Å². The molecule has 0 radical (unpaired) electrons. The normalized spacial score (nSPS) is 15.2. The third-order valence-electron chi connectivity index (χ3n) is 6.35. The largest absolute Gasteiger partial charge is 0.389 e. The Labute approximate surface area is 209 Å². The highest BCUT2D eigenvalue weighted by atomic mass is 16.5. The van der Waals surface area contributed by atoms with E-state index in [0.717, 1.165) is 47.9 Å². The monoisotopic (exact) mass is 477 g/mol. The minimum atomic E-state index is -0.573. The van der Waals surface area contributed by atoms with Gasteiger partial charge in [0, 0.05) is 38.3 Å². The van der Waals surface area contributed by atoms with E-state index >= 15 is 0 Å². The van der Waals surface area contributed by atoms with Gasteiger partial charge in [-0.15, -0.1) is 0 Å². The number of piperidine rings is 1. The summed E-state index contributed by atoms with van der Waals surface area (Å²) in [5, 5.41) is 15.4. The highest BCUT2D eigenvalue weighted by Crippen LogP contribution is 2.34. The van der Waals surface area contributed by atoms with Crippen molar-refractivity contribution < 1.29 is 14.4 Å². The molecule has 1 aliphatic heterocycles. The predicted molar refractivity (Wildman–Crippen MR) is 140 cm³/mol. The van der Waals surface area contributed by atoms with Gasteiger partial charge in [0.05, 0.1) is 24.9 Å². The minimum absolute atomic E-state index is 0.303. The zero-order chi connectivity index (χ0) is 24.5. The topological polar surface area (TPSA) is 62.0 Å². The van der Waals surface area contributed by atoms with Gasteiger partial charge in [0.2, 0.25) is 5.88 Å². The van der Waals surface area contributed by atoms with Gasteiger partial charge in [-0.05, 0) is 30.7 Å². The minimum Gasteiger partial charge on any atom is -0.389 e. The number of aliphatic hydroxyl groups is 1. The first-order valence-corrected chi connectivity index (χ1v) is 12.9. The van der Waals surface area contributed by atoms with E-state index in [1.807, 2.05) is 48.5 Å². The summed E-state index contributed by atoms with van der Waals surface area (Å²) >= 11 is 0. The maximum absolute atomic E-state index is 10.8. The van der Waals surface area contributed by atoms with Crippen LogP contribution in [-0.2, 0) is 17.9 Å². The highest BCUT2D eigenvalue weighted by molar-refractivity contribution is 5.68. The van der Waals surface area contributed by atoms with Crippen molar-refractivity contribution in [1.82, 2.24) is 10.1 Å². The van der Waals surface area contributed by atoms with Gasteiger partial charge in [0.15, 0.2) is 0 Å². The summed E-state index contributed by atoms with van der Waals surface area (Å²) in [5.74, 6) is 1.35. The van der Waals surface area contributed by atoms with E-state index in [0.29, 0.717) is 32.2 Å². The van der Waals surface area contributed by atoms with E-state index in [1.165, 1.54) is 19.3 Å². The van der Waals surface area contributed by atoms with Gasteiger partial charge in [0.1, 0.15) is 5.69 Å². The van der Waals surface area contributed by atoms with Gasteiger partial charge in [-0.2, -0.15) is 0 Å². The molecule has 1 fully saturated rings. The number of ether oxygens (including phenoxy) is 1. The summed E-state index contributed by atoms with van der Waals surface area (Å²) in [6.45, 7) is 9.30. The third kappa shape index (κ3) is 7.40. The molecule has 2 aromatic carbocycles. The van der Waals surface area contributed by atoms with E-state index in [-0.39, 0.29) is 0 Å². The lowest BCUT2D eigenvalue weighted by Gasteiger charge is -2.30. The lowest BCUT2D eigenvalue weighted by Crippen LogP contribution is -2.37. The van der Waals surface area contributed by atoms with Crippen LogP contribution in [-0.4, -0.2) is 54.1 Å². The number of hydrogen-bond acceptors (Lipinski definition) is 6. The number of anilines is 1. The van der Waals surface area contributed by atoms with E-state index in [9.17, 15) is 5.11 Å². The molecule has 6 nitrogen and oxygen atoms in total. The predicted octanol–water partition coefficient (Wildman–Crippen LogP) is 5.37. The number of nitrogens with zero attached hydrogens (tertiary/aromatic N) is 3. The molecule has 188 valence electrons. The molecular weight excluding hydrogens is 438 g/mol. The molecule has 1 aromatic heterocycles. The third-order valence-corrected chi connectivity index (χ3v) is 6.35. The van der Waals surface area contributed by atoms with E-state index in [4.69, 9.17) is 9.26 Å². The van der Waals surface area contributed by atoms with Crippen LogP contribution in [0.1, 0.15) is 44.2 Å². The molecule has 0 spiro atoms. The second kappa shape index (κ2) is 12.9. The van der Waals surface area contributed by atoms with Crippen LogP contribution in [0.3, 0.4) is 0 Å². The molecule has 4 rings (SSSR count). The Bertz CT molecular complexity index is 1000. The molecule has 1 N–H and O–H groups in total. The van der Waals surface area contributed by atoms with Crippen LogP contribution in [0, 0.1) is 5.92 Å². The zero-order valence-corrected chi connectivity index (χ0v) is 21.1. The Kier molecular flexibility index (Phi) is 9.35. The van der Waals surface area contributed by atoms with Crippen LogP contribution >= 0.6 is 0 Å². The van der Waals surface area contributed by atoms with Crippen molar-refractivity contribution in [2.24, 2.45) is 5.92 Å². The fourth-order valence-electron chi connectivity index (χ4n) is 4.79. The van der Waals surface area contributed by atoms with Crippen molar-refractivity contribution >= 4 is 5.88 Å². The Morgan fingerprint density at radius 2 is 1.66 bits per heavy atom. The molecule has 35 heavy (non-hydrogen) atoms. The van der Waals surface area contributed by atoms with E-state index in [1.54, 1.807) is 0 Å². The van der Waals surface area contributed by atoms with Crippen molar-refractivity contribution in [2.75, 3.05) is 37.7 Å². The lowest BCUT2D eigenvalue weighted by molar-refractivity contribution is 0.00680. The quantitative estimate of drug-likeness (QED) is 0.379. The lowest BCUT2D eigenvalue weighted by atomic mass is 10.0. The standard InChI is InChI=1S/C29H39N3O3/c1-23(2)18-31(19-26(33)22-34-21-24-12-6-3-7-13-24)20-27-28(25-14-8-4-9-15-25)30-35-29(27)32-16-10-5-11-17-32/h3-4,6-9,12-15,23,26,33H,5,10-11,16-22H2,1-2H3. The van der Waals surface area contributed by atoms with Crippen LogP contribution in [0.2, 0.25) is 0 Å². The molecule has 1 atom stereocenters. The van der Waals surface area contributed by atoms with Gasteiger partial charge >= 0.3 is 0 Å². The molecule has 2 heterocycles. The number of hydrogen-bond donors (Lipinski definition) is 1. The summed E-state index contributed by atoms with van der Waals surface area (Å²) in [7, 11) is 0. The number of rotatable bonds is 12. The summed E-state index contributed by atoms with van der Waals surface area (Å²) < 4.78 is 11.8. The van der Waals surface area contributed by atoms with Crippen LogP contribution < -0.4 is 4.90 Å². The fourth-order valence-corrected chi connectivity index (χ4v) is 4.79. The first-order valence-electron chi connectivity index (χ1n) is 12.9. The Hall–Kier alpha value is -2.67. The Morgan fingerprint density at radius 1 is 0.971 bits per heavy atom. The molecule has 1 saturated heterocycles. The van der Waals surface area contributed by atoms with Crippen molar-refractivity contribution in [3.63, 3.8) is 0 Å². The van der Waals surface area contributed by atoms with Crippen molar-refractivity contribution in [3.8, 4) is 11.3 Å². The molecule has 1 unspecified atom stereocenters. The molecule has 0 bridgehead atoms. The molecule has 3 aromatic rings. The average molecular weight is 478 g/mol. The van der Waals surface area contributed by atoms with Crippen molar-refractivity contribution in [1.29, 1.82) is 0 Å². The second-order valence-corrected chi connectivity index (χ2v) is 9.97. The molecule has 0 saturated carbocycles. The van der Waals surface area contributed by atoms with Crippen LogP contribution in [0.25, 0.3) is 11.3 Å². The summed E-state index contributed by atoms with van der Waals surface area (Å²) in [6, 6.07) is 20.3. The highest BCUT2D eigenvalue weighted by Gasteiger charge is 2.26. The first kappa shape index (κ1) is 25.4. The molecule has 1 aliphatic rings. The smallest absolute Gasteiger partial charge is 0.232 e. The first-order chi connectivity index (χ1) is 17.1. The maximum atomic E-state index is 10.8. The van der Waals surface area contributed by atoms with Crippen LogP contribution in [0.15, 0.2) is 65.2 Å². The SMILES string of the molecule is CC(C)CN(Cc1c(-c2ccccc2)noc1N1CCCCC1)CC(O)COCc1ccccc1. The van der Waals surface area contributed by atoms with Gasteiger partial charge in [0.25, 0.3) is 0 Å². The second-order valence-electron chi connectivity index (χ2n) is 9.97. The Morgan fingerprint density at radius 3 is 2.34 bits per heavy atom. The van der Waals surface area contributed by atoms with Crippen LogP contribution in [0.5, 0.6) is 0 Å². The zero-order valence-electron chi connectivity index (χ0n) is 21.1. The molecule has 0 amide bonds. The van der Waals surface area contributed by atoms with Crippen molar-refractivity contribution in [3.05, 3.63) is 71.8 Å².